The van der Waals surface area contributed by atoms with Crippen LogP contribution in [-0.4, -0.2) is 11.6 Å². The Kier molecular flexibility index (Phi) is 2.51. The number of benzene rings is 3. The van der Waals surface area contributed by atoms with Gasteiger partial charge in [-0.25, -0.2) is 0 Å². The molecule has 100 valence electrons. The van der Waals surface area contributed by atoms with Crippen molar-refractivity contribution in [2.45, 2.75) is 5.92 Å². The summed E-state index contributed by atoms with van der Waals surface area (Å²) in [5, 5.41) is 2.11. The molecule has 0 saturated carbocycles. The van der Waals surface area contributed by atoms with Crippen molar-refractivity contribution >= 4 is 22.3 Å². The number of hydrogen-bond donors (Lipinski definition) is 0. The van der Waals surface area contributed by atoms with E-state index in [1.165, 1.54) is 0 Å². The zero-order valence-corrected chi connectivity index (χ0v) is 11.2. The fraction of sp³-hybridized carbons (Fsp3) is 0.0526. The van der Waals surface area contributed by atoms with E-state index in [2.05, 4.69) is 0 Å². The summed E-state index contributed by atoms with van der Waals surface area (Å²) in [5.74, 6) is -1.17. The first kappa shape index (κ1) is 12.0. The van der Waals surface area contributed by atoms with Crippen molar-refractivity contribution in [2.75, 3.05) is 0 Å². The minimum atomic E-state index is -0.472. The van der Waals surface area contributed by atoms with Gasteiger partial charge < -0.3 is 0 Å². The van der Waals surface area contributed by atoms with Gasteiger partial charge >= 0.3 is 0 Å². The maximum absolute atomic E-state index is 12.5. The van der Waals surface area contributed by atoms with E-state index in [-0.39, 0.29) is 11.6 Å². The average Bonchev–Trinajstić information content (AvgIpc) is 2.79. The number of fused-ring (bicyclic) bond motifs is 2. The van der Waals surface area contributed by atoms with Gasteiger partial charge in [-0.2, -0.15) is 0 Å². The van der Waals surface area contributed by atoms with Crippen LogP contribution in [0.25, 0.3) is 10.8 Å². The summed E-state index contributed by atoms with van der Waals surface area (Å²) in [5.41, 5.74) is 2.28. The molecule has 2 nitrogen and oxygen atoms in total. The molecule has 0 aliphatic heterocycles. The number of carbonyl (C=O) groups is 2. The first-order valence-electron chi connectivity index (χ1n) is 6.92. The molecule has 0 radical (unpaired) electrons. The molecule has 0 saturated heterocycles. The summed E-state index contributed by atoms with van der Waals surface area (Å²) in [6.07, 6.45) is 0. The average molecular weight is 272 g/mol. The largest absolute Gasteiger partial charge is 0.289 e. The van der Waals surface area contributed by atoms with Gasteiger partial charge in [-0.3, -0.25) is 9.59 Å². The first-order chi connectivity index (χ1) is 10.3. The molecule has 0 amide bonds. The third-order valence-electron chi connectivity index (χ3n) is 4.14. The maximum atomic E-state index is 12.5. The lowest BCUT2D eigenvalue weighted by atomic mass is 9.88. The summed E-state index contributed by atoms with van der Waals surface area (Å²) in [6, 6.07) is 21.2. The molecular weight excluding hydrogens is 260 g/mol. The third kappa shape index (κ3) is 1.66. The molecule has 1 atom stereocenters. The molecule has 3 aromatic carbocycles. The Morgan fingerprint density at radius 3 is 2.24 bits per heavy atom. The van der Waals surface area contributed by atoms with Crippen LogP contribution in [0.4, 0.5) is 0 Å². The smallest absolute Gasteiger partial charge is 0.229 e. The third-order valence-corrected chi connectivity index (χ3v) is 4.14. The van der Waals surface area contributed by atoms with Crippen LogP contribution in [0.3, 0.4) is 0 Å². The molecule has 1 aliphatic rings. The Hall–Kier alpha value is -2.74. The van der Waals surface area contributed by atoms with Gasteiger partial charge in [0.2, 0.25) is 11.6 Å². The van der Waals surface area contributed by atoms with Crippen LogP contribution in [0.1, 0.15) is 27.4 Å². The fourth-order valence-corrected chi connectivity index (χ4v) is 3.17. The second kappa shape index (κ2) is 4.38. The van der Waals surface area contributed by atoms with E-state index in [0.29, 0.717) is 5.56 Å². The Balaban J connectivity index is 2.02. The molecular formula is C19H12O2. The number of Topliss-reactive ketones (excluding diaryl/α,β-unsaturated/α-hetero) is 2. The van der Waals surface area contributed by atoms with Crippen LogP contribution in [-0.2, 0) is 4.79 Å². The molecule has 4 rings (SSSR count). The van der Waals surface area contributed by atoms with Crippen molar-refractivity contribution in [2.24, 2.45) is 0 Å². The molecule has 0 aromatic heterocycles. The molecule has 0 bridgehead atoms. The van der Waals surface area contributed by atoms with Gasteiger partial charge in [0.15, 0.2) is 0 Å². The molecule has 0 N–H and O–H groups in total. The van der Waals surface area contributed by atoms with Gasteiger partial charge in [-0.1, -0.05) is 66.7 Å². The Morgan fingerprint density at radius 1 is 0.667 bits per heavy atom. The monoisotopic (exact) mass is 272 g/mol. The lowest BCUT2D eigenvalue weighted by Gasteiger charge is -2.13. The summed E-state index contributed by atoms with van der Waals surface area (Å²) in [7, 11) is 0. The van der Waals surface area contributed by atoms with Gasteiger partial charge in [0.05, 0.1) is 5.92 Å². The Bertz CT molecular complexity index is 887. The van der Waals surface area contributed by atoms with Crippen LogP contribution >= 0.6 is 0 Å². The molecule has 0 fully saturated rings. The number of ketones is 2. The minimum absolute atomic E-state index is 0.326. The SMILES string of the molecule is O=C1C(=O)C(c2cccc3ccccc23)c2ccccc21. The first-order valence-corrected chi connectivity index (χ1v) is 6.92. The van der Waals surface area contributed by atoms with E-state index in [0.717, 1.165) is 21.9 Å². The molecule has 1 aliphatic carbocycles. The van der Waals surface area contributed by atoms with Gasteiger partial charge in [0.25, 0.3) is 0 Å². The van der Waals surface area contributed by atoms with E-state index in [1.54, 1.807) is 12.1 Å². The second-order valence-electron chi connectivity index (χ2n) is 5.28. The molecule has 1 unspecified atom stereocenters. The molecule has 0 heterocycles. The Labute approximate surface area is 122 Å². The van der Waals surface area contributed by atoms with Crippen LogP contribution < -0.4 is 0 Å². The highest BCUT2D eigenvalue weighted by molar-refractivity contribution is 6.49. The van der Waals surface area contributed by atoms with Gasteiger partial charge in [0, 0.05) is 5.56 Å². The topological polar surface area (TPSA) is 34.1 Å². The standard InChI is InChI=1S/C19H12O2/c20-18-16-10-4-3-9-15(16)17(19(18)21)14-11-5-7-12-6-1-2-8-13(12)14/h1-11,17H. The zero-order valence-electron chi connectivity index (χ0n) is 11.2. The number of rotatable bonds is 1. The van der Waals surface area contributed by atoms with Gasteiger partial charge in [-0.15, -0.1) is 0 Å². The summed E-state index contributed by atoms with van der Waals surface area (Å²) < 4.78 is 0. The number of hydrogen-bond acceptors (Lipinski definition) is 2. The highest BCUT2D eigenvalue weighted by atomic mass is 16.2. The molecule has 21 heavy (non-hydrogen) atoms. The van der Waals surface area contributed by atoms with Crippen molar-refractivity contribution in [3.8, 4) is 0 Å². The van der Waals surface area contributed by atoms with E-state index in [1.807, 2.05) is 54.6 Å². The van der Waals surface area contributed by atoms with Crippen LogP contribution in [0, 0.1) is 0 Å². The van der Waals surface area contributed by atoms with Crippen LogP contribution in [0.2, 0.25) is 0 Å². The highest BCUT2D eigenvalue weighted by Crippen LogP contribution is 2.38. The maximum Gasteiger partial charge on any atom is 0.229 e. The van der Waals surface area contributed by atoms with Crippen molar-refractivity contribution in [3.05, 3.63) is 83.4 Å². The normalized spacial score (nSPS) is 17.2. The van der Waals surface area contributed by atoms with Gasteiger partial charge in [-0.05, 0) is 21.9 Å². The predicted octanol–water partition coefficient (Wildman–Crippen LogP) is 3.74. The predicted molar refractivity (Wildman–Crippen MR) is 81.6 cm³/mol. The molecule has 2 heteroatoms. The van der Waals surface area contributed by atoms with Crippen LogP contribution in [0.5, 0.6) is 0 Å². The summed E-state index contributed by atoms with van der Waals surface area (Å²) in [4.78, 5) is 24.6. The van der Waals surface area contributed by atoms with Crippen LogP contribution in [0.15, 0.2) is 66.7 Å². The van der Waals surface area contributed by atoms with Crippen molar-refractivity contribution in [3.63, 3.8) is 0 Å². The van der Waals surface area contributed by atoms with Crippen molar-refractivity contribution in [1.82, 2.24) is 0 Å². The molecule has 3 aromatic rings. The second-order valence-corrected chi connectivity index (χ2v) is 5.28. The lowest BCUT2D eigenvalue weighted by molar-refractivity contribution is -0.115. The van der Waals surface area contributed by atoms with Crippen molar-refractivity contribution in [1.29, 1.82) is 0 Å². The summed E-state index contributed by atoms with van der Waals surface area (Å²) >= 11 is 0. The van der Waals surface area contributed by atoms with Crippen molar-refractivity contribution < 1.29 is 9.59 Å². The molecule has 0 spiro atoms. The Morgan fingerprint density at radius 2 is 1.33 bits per heavy atom. The van der Waals surface area contributed by atoms with Gasteiger partial charge in [0.1, 0.15) is 0 Å². The zero-order chi connectivity index (χ0) is 14.4. The lowest BCUT2D eigenvalue weighted by Crippen LogP contribution is -2.13. The van der Waals surface area contributed by atoms with E-state index < -0.39 is 5.92 Å². The highest BCUT2D eigenvalue weighted by Gasteiger charge is 2.39. The number of carbonyl (C=O) groups excluding carboxylic acids is 2. The van der Waals surface area contributed by atoms with E-state index in [9.17, 15) is 9.59 Å². The van der Waals surface area contributed by atoms with E-state index >= 15 is 0 Å². The quantitative estimate of drug-likeness (QED) is 0.632. The van der Waals surface area contributed by atoms with E-state index in [4.69, 9.17) is 0 Å². The summed E-state index contributed by atoms with van der Waals surface area (Å²) in [6.45, 7) is 0. The fourth-order valence-electron chi connectivity index (χ4n) is 3.17. The minimum Gasteiger partial charge on any atom is -0.289 e.